The van der Waals surface area contributed by atoms with Crippen LogP contribution in [0.3, 0.4) is 0 Å². The maximum atomic E-state index is 14.0. The van der Waals surface area contributed by atoms with E-state index in [9.17, 15) is 9.18 Å². The third kappa shape index (κ3) is 5.96. The first kappa shape index (κ1) is 24.9. The Balaban J connectivity index is 1.83. The van der Waals surface area contributed by atoms with Crippen LogP contribution in [0, 0.1) is 12.7 Å². The van der Waals surface area contributed by atoms with Crippen molar-refractivity contribution in [3.8, 4) is 34.1 Å². The Kier molecular flexibility index (Phi) is 8.32. The lowest BCUT2D eigenvalue weighted by atomic mass is 9.96. The zero-order chi connectivity index (χ0) is 24.7. The van der Waals surface area contributed by atoms with Gasteiger partial charge in [0.2, 0.25) is 0 Å². The summed E-state index contributed by atoms with van der Waals surface area (Å²) in [5.74, 6) is 0.704. The molecular weight excluding hydrogens is 441 g/mol. The summed E-state index contributed by atoms with van der Waals surface area (Å²) >= 11 is 0. The van der Waals surface area contributed by atoms with E-state index in [2.05, 4.69) is 5.32 Å². The number of nitrogens with one attached hydrogen (secondary N) is 1. The van der Waals surface area contributed by atoms with E-state index < -0.39 is 5.97 Å². The van der Waals surface area contributed by atoms with Crippen molar-refractivity contribution >= 4 is 5.97 Å². The zero-order valence-electron chi connectivity index (χ0n) is 19.6. The van der Waals surface area contributed by atoms with Crippen LogP contribution in [-0.4, -0.2) is 38.9 Å². The van der Waals surface area contributed by atoms with Crippen LogP contribution in [0.25, 0.3) is 11.1 Å². The third-order valence-corrected chi connectivity index (χ3v) is 5.42. The summed E-state index contributed by atoms with van der Waals surface area (Å²) in [4.78, 5) is 10.8. The molecule has 0 unspecified atom stereocenters. The number of halogens is 1. The molecule has 7 nitrogen and oxygen atoms in total. The molecule has 2 N–H and O–H groups in total. The van der Waals surface area contributed by atoms with Gasteiger partial charge in [0.15, 0.2) is 0 Å². The van der Waals surface area contributed by atoms with Crippen molar-refractivity contribution in [1.29, 1.82) is 0 Å². The Morgan fingerprint density at radius 2 is 1.68 bits per heavy atom. The molecule has 0 aliphatic rings. The quantitative estimate of drug-likeness (QED) is 0.425. The molecule has 0 atom stereocenters. The first-order chi connectivity index (χ1) is 16.4. The average Bonchev–Trinajstić information content (AvgIpc) is 2.82. The number of carbonyl (C=O) groups is 1. The minimum Gasteiger partial charge on any atom is -0.497 e. The molecule has 0 aliphatic carbocycles. The summed E-state index contributed by atoms with van der Waals surface area (Å²) in [6, 6.07) is 13.9. The van der Waals surface area contributed by atoms with E-state index in [1.807, 2.05) is 25.1 Å². The van der Waals surface area contributed by atoms with Gasteiger partial charge in [0.1, 0.15) is 35.4 Å². The number of carboxylic acids is 1. The van der Waals surface area contributed by atoms with Gasteiger partial charge < -0.3 is 29.4 Å². The SMILES string of the molecule is COc1cc(F)cc(-c2cccc(COc3cc(OC)c(CNCC(=O)O)c(OC)c3)c2C)c1. The Labute approximate surface area is 198 Å². The van der Waals surface area contributed by atoms with Crippen molar-refractivity contribution in [2.24, 2.45) is 0 Å². The highest BCUT2D eigenvalue weighted by Gasteiger charge is 2.15. The van der Waals surface area contributed by atoms with Gasteiger partial charge in [-0.05, 0) is 41.3 Å². The Bertz CT molecular complexity index is 1140. The maximum absolute atomic E-state index is 14.0. The van der Waals surface area contributed by atoms with Gasteiger partial charge in [0.25, 0.3) is 0 Å². The highest BCUT2D eigenvalue weighted by molar-refractivity contribution is 5.70. The molecule has 3 aromatic rings. The van der Waals surface area contributed by atoms with E-state index in [1.54, 1.807) is 18.2 Å². The summed E-state index contributed by atoms with van der Waals surface area (Å²) < 4.78 is 36.2. The lowest BCUT2D eigenvalue weighted by Crippen LogP contribution is -2.22. The summed E-state index contributed by atoms with van der Waals surface area (Å²) in [5.41, 5.74) is 4.19. The maximum Gasteiger partial charge on any atom is 0.317 e. The molecule has 3 rings (SSSR count). The number of carboxylic acid groups (broad SMARTS) is 1. The van der Waals surface area contributed by atoms with Crippen molar-refractivity contribution in [3.05, 3.63) is 71.0 Å². The zero-order valence-corrected chi connectivity index (χ0v) is 19.6. The number of methoxy groups -OCH3 is 3. The summed E-state index contributed by atoms with van der Waals surface area (Å²) in [7, 11) is 4.56. The van der Waals surface area contributed by atoms with E-state index in [0.29, 0.717) is 28.6 Å². The van der Waals surface area contributed by atoms with Gasteiger partial charge in [-0.1, -0.05) is 18.2 Å². The molecule has 3 aromatic carbocycles. The number of rotatable bonds is 11. The van der Waals surface area contributed by atoms with Gasteiger partial charge in [-0.15, -0.1) is 0 Å². The van der Waals surface area contributed by atoms with Crippen molar-refractivity contribution in [2.45, 2.75) is 20.1 Å². The predicted octanol–water partition coefficient (Wildman–Crippen LogP) is 4.58. The molecule has 0 aromatic heterocycles. The molecule has 0 spiro atoms. The molecule has 180 valence electrons. The fraction of sp³-hybridized carbons (Fsp3) is 0.269. The van der Waals surface area contributed by atoms with Crippen LogP contribution in [0.1, 0.15) is 16.7 Å². The van der Waals surface area contributed by atoms with Gasteiger partial charge in [0.05, 0.1) is 33.4 Å². The van der Waals surface area contributed by atoms with Crippen LogP contribution >= 0.6 is 0 Å². The van der Waals surface area contributed by atoms with E-state index >= 15 is 0 Å². The first-order valence-electron chi connectivity index (χ1n) is 10.6. The fourth-order valence-electron chi connectivity index (χ4n) is 3.66. The molecule has 0 aliphatic heterocycles. The molecule has 0 radical (unpaired) electrons. The number of ether oxygens (including phenoxy) is 4. The Morgan fingerprint density at radius 3 is 2.29 bits per heavy atom. The topological polar surface area (TPSA) is 86.2 Å². The molecular formula is C26H28FNO6. The summed E-state index contributed by atoms with van der Waals surface area (Å²) in [5, 5.41) is 11.7. The van der Waals surface area contributed by atoms with E-state index in [4.69, 9.17) is 24.1 Å². The Morgan fingerprint density at radius 1 is 0.971 bits per heavy atom. The van der Waals surface area contributed by atoms with Crippen LogP contribution in [0.4, 0.5) is 4.39 Å². The number of hydrogen-bond acceptors (Lipinski definition) is 6. The van der Waals surface area contributed by atoms with E-state index in [0.717, 1.165) is 22.3 Å². The average molecular weight is 470 g/mol. The normalized spacial score (nSPS) is 10.6. The second-order valence-electron chi connectivity index (χ2n) is 7.56. The van der Waals surface area contributed by atoms with Crippen molar-refractivity contribution in [2.75, 3.05) is 27.9 Å². The molecule has 0 saturated carbocycles. The molecule has 0 bridgehead atoms. The van der Waals surface area contributed by atoms with Gasteiger partial charge in [0, 0.05) is 24.7 Å². The standard InChI is InChI=1S/C26H28FNO6/c1-16-17(6-5-7-22(16)18-8-19(27)10-20(9-18)31-2)15-34-21-11-24(32-3)23(25(12-21)33-4)13-28-14-26(29)30/h5-12,28H,13-15H2,1-4H3,(H,29,30). The fourth-order valence-corrected chi connectivity index (χ4v) is 3.66. The van der Waals surface area contributed by atoms with Gasteiger partial charge >= 0.3 is 5.97 Å². The summed E-state index contributed by atoms with van der Waals surface area (Å²) in [6.45, 7) is 2.31. The van der Waals surface area contributed by atoms with Crippen LogP contribution in [0.15, 0.2) is 48.5 Å². The van der Waals surface area contributed by atoms with Crippen molar-refractivity contribution < 1.29 is 33.2 Å². The van der Waals surface area contributed by atoms with Crippen LogP contribution < -0.4 is 24.3 Å². The highest BCUT2D eigenvalue weighted by atomic mass is 19.1. The molecule has 0 saturated heterocycles. The monoisotopic (exact) mass is 469 g/mol. The third-order valence-electron chi connectivity index (χ3n) is 5.42. The highest BCUT2D eigenvalue weighted by Crippen LogP contribution is 2.35. The lowest BCUT2D eigenvalue weighted by molar-refractivity contribution is -0.136. The molecule has 0 heterocycles. The van der Waals surface area contributed by atoms with Crippen molar-refractivity contribution in [1.82, 2.24) is 5.32 Å². The van der Waals surface area contributed by atoms with E-state index in [-0.39, 0.29) is 25.5 Å². The van der Waals surface area contributed by atoms with E-state index in [1.165, 1.54) is 33.5 Å². The molecule has 0 fully saturated rings. The van der Waals surface area contributed by atoms with Crippen LogP contribution in [0.2, 0.25) is 0 Å². The molecule has 8 heteroatoms. The number of aliphatic carboxylic acids is 1. The van der Waals surface area contributed by atoms with Crippen LogP contribution in [0.5, 0.6) is 23.0 Å². The second-order valence-corrected chi connectivity index (χ2v) is 7.56. The van der Waals surface area contributed by atoms with Gasteiger partial charge in [-0.25, -0.2) is 4.39 Å². The second kappa shape index (κ2) is 11.4. The van der Waals surface area contributed by atoms with Gasteiger partial charge in [-0.3, -0.25) is 4.79 Å². The predicted molar refractivity (Wildman–Crippen MR) is 126 cm³/mol. The minimum atomic E-state index is -0.952. The molecule has 0 amide bonds. The Hall–Kier alpha value is -3.78. The number of benzene rings is 3. The summed E-state index contributed by atoms with van der Waals surface area (Å²) in [6.07, 6.45) is 0. The molecule has 34 heavy (non-hydrogen) atoms. The van der Waals surface area contributed by atoms with Crippen LogP contribution in [-0.2, 0) is 17.9 Å². The minimum absolute atomic E-state index is 0.183. The van der Waals surface area contributed by atoms with Gasteiger partial charge in [-0.2, -0.15) is 0 Å². The smallest absolute Gasteiger partial charge is 0.317 e. The van der Waals surface area contributed by atoms with Crippen molar-refractivity contribution in [3.63, 3.8) is 0 Å². The number of hydrogen-bond donors (Lipinski definition) is 2. The largest absolute Gasteiger partial charge is 0.497 e. The lowest BCUT2D eigenvalue weighted by Gasteiger charge is -2.17. The first-order valence-corrected chi connectivity index (χ1v) is 10.6.